The summed E-state index contributed by atoms with van der Waals surface area (Å²) in [4.78, 5) is 4.28. The molecule has 0 radical (unpaired) electrons. The molecule has 2 aromatic carbocycles. The number of hydrogen-bond acceptors (Lipinski definition) is 3. The molecule has 1 atom stereocenters. The van der Waals surface area contributed by atoms with Gasteiger partial charge in [-0.25, -0.2) is 0 Å². The van der Waals surface area contributed by atoms with E-state index < -0.39 is 0 Å². The number of aromatic nitrogens is 1. The van der Waals surface area contributed by atoms with Gasteiger partial charge in [0.1, 0.15) is 0 Å². The van der Waals surface area contributed by atoms with Gasteiger partial charge < -0.3 is 0 Å². The van der Waals surface area contributed by atoms with Crippen LogP contribution in [0.15, 0.2) is 90.3 Å². The largest absolute Gasteiger partial charge is 0.264 e. The van der Waals surface area contributed by atoms with Crippen LogP contribution in [-0.2, 0) is 0 Å². The Balaban J connectivity index is 1.75. The third-order valence-electron chi connectivity index (χ3n) is 4.11. The minimum atomic E-state index is 0.182. The van der Waals surface area contributed by atoms with Crippen molar-refractivity contribution in [1.29, 1.82) is 0 Å². The van der Waals surface area contributed by atoms with Gasteiger partial charge in [0, 0.05) is 18.8 Å². The molecular weight excluding hydrogens is 282 g/mol. The lowest BCUT2D eigenvalue weighted by atomic mass is 9.99. The Morgan fingerprint density at radius 1 is 0.826 bits per heavy atom. The molecule has 1 aliphatic heterocycles. The van der Waals surface area contributed by atoms with Gasteiger partial charge in [0.15, 0.2) is 0 Å². The summed E-state index contributed by atoms with van der Waals surface area (Å²) in [6.45, 7) is 0. The predicted octanol–water partition coefficient (Wildman–Crippen LogP) is 4.44. The van der Waals surface area contributed by atoms with Crippen molar-refractivity contribution >= 4 is 11.4 Å². The molecule has 3 heteroatoms. The molecule has 0 saturated carbocycles. The zero-order valence-electron chi connectivity index (χ0n) is 12.7. The van der Waals surface area contributed by atoms with Crippen LogP contribution < -0.4 is 5.01 Å². The molecule has 0 bridgehead atoms. The van der Waals surface area contributed by atoms with Crippen LogP contribution in [0, 0.1) is 0 Å². The van der Waals surface area contributed by atoms with Crippen molar-refractivity contribution in [2.45, 2.75) is 12.5 Å². The molecular formula is C20H17N3. The van der Waals surface area contributed by atoms with E-state index in [1.165, 1.54) is 11.1 Å². The highest BCUT2D eigenvalue weighted by molar-refractivity contribution is 6.03. The van der Waals surface area contributed by atoms with Crippen LogP contribution in [0.1, 0.15) is 23.6 Å². The quantitative estimate of drug-likeness (QED) is 0.715. The van der Waals surface area contributed by atoms with Gasteiger partial charge in [-0.05, 0) is 29.3 Å². The van der Waals surface area contributed by atoms with E-state index >= 15 is 0 Å². The van der Waals surface area contributed by atoms with Crippen molar-refractivity contribution in [2.24, 2.45) is 5.10 Å². The van der Waals surface area contributed by atoms with Gasteiger partial charge in [0.2, 0.25) is 0 Å². The lowest BCUT2D eigenvalue weighted by molar-refractivity contribution is 0.705. The smallest absolute Gasteiger partial charge is 0.0846 e. The number of hydrazone groups is 1. The number of para-hydroxylation sites is 1. The molecule has 112 valence electrons. The fourth-order valence-corrected chi connectivity index (χ4v) is 2.97. The van der Waals surface area contributed by atoms with E-state index in [-0.39, 0.29) is 6.04 Å². The van der Waals surface area contributed by atoms with Crippen molar-refractivity contribution in [1.82, 2.24) is 4.98 Å². The van der Waals surface area contributed by atoms with E-state index in [0.717, 1.165) is 17.8 Å². The molecule has 0 amide bonds. The Morgan fingerprint density at radius 2 is 1.57 bits per heavy atom. The maximum Gasteiger partial charge on any atom is 0.0846 e. The van der Waals surface area contributed by atoms with Gasteiger partial charge in [-0.1, -0.05) is 54.6 Å². The van der Waals surface area contributed by atoms with Crippen molar-refractivity contribution in [3.63, 3.8) is 0 Å². The average molecular weight is 299 g/mol. The first-order valence-corrected chi connectivity index (χ1v) is 7.79. The van der Waals surface area contributed by atoms with E-state index in [1.54, 1.807) is 0 Å². The van der Waals surface area contributed by atoms with Crippen molar-refractivity contribution in [2.75, 3.05) is 5.01 Å². The summed E-state index contributed by atoms with van der Waals surface area (Å²) in [5, 5.41) is 7.02. The van der Waals surface area contributed by atoms with Gasteiger partial charge in [0.25, 0.3) is 0 Å². The standard InChI is InChI=1S/C20H17N3/c1-3-8-16(9-4-1)19-14-20(17-10-7-13-21-15-17)23(22-19)18-11-5-2-6-12-18/h1-13,15,20H,14H2. The average Bonchev–Trinajstić information content (AvgIpc) is 3.09. The van der Waals surface area contributed by atoms with E-state index in [2.05, 4.69) is 52.5 Å². The molecule has 1 aromatic heterocycles. The van der Waals surface area contributed by atoms with Crippen LogP contribution in [0.3, 0.4) is 0 Å². The molecule has 0 saturated heterocycles. The number of rotatable bonds is 3. The van der Waals surface area contributed by atoms with E-state index in [4.69, 9.17) is 5.10 Å². The summed E-state index contributed by atoms with van der Waals surface area (Å²) >= 11 is 0. The normalized spacial score (nSPS) is 17.1. The highest BCUT2D eigenvalue weighted by Gasteiger charge is 2.29. The number of anilines is 1. The minimum Gasteiger partial charge on any atom is -0.264 e. The Bertz CT molecular complexity index is 798. The second-order valence-electron chi connectivity index (χ2n) is 5.60. The second-order valence-corrected chi connectivity index (χ2v) is 5.60. The number of pyridine rings is 1. The van der Waals surface area contributed by atoms with Crippen LogP contribution in [0.5, 0.6) is 0 Å². The highest BCUT2D eigenvalue weighted by Crippen LogP contribution is 2.36. The topological polar surface area (TPSA) is 28.5 Å². The summed E-state index contributed by atoms with van der Waals surface area (Å²) in [6, 6.07) is 25.0. The van der Waals surface area contributed by atoms with Crippen molar-refractivity contribution < 1.29 is 0 Å². The van der Waals surface area contributed by atoms with Crippen LogP contribution in [0.25, 0.3) is 0 Å². The SMILES string of the molecule is c1ccc(C2=NN(c3ccccc3)C(c3cccnc3)C2)cc1. The Hall–Kier alpha value is -2.94. The predicted molar refractivity (Wildman–Crippen MR) is 93.5 cm³/mol. The van der Waals surface area contributed by atoms with Crippen molar-refractivity contribution in [3.8, 4) is 0 Å². The van der Waals surface area contributed by atoms with Crippen molar-refractivity contribution in [3.05, 3.63) is 96.3 Å². The van der Waals surface area contributed by atoms with Gasteiger partial charge in [-0.15, -0.1) is 0 Å². The summed E-state index contributed by atoms with van der Waals surface area (Å²) in [6.07, 6.45) is 4.62. The summed E-state index contributed by atoms with van der Waals surface area (Å²) in [5.41, 5.74) is 4.58. The van der Waals surface area contributed by atoms with Gasteiger partial charge in [0.05, 0.1) is 17.4 Å². The molecule has 2 heterocycles. The Kier molecular flexibility index (Phi) is 3.60. The zero-order valence-corrected chi connectivity index (χ0v) is 12.7. The zero-order chi connectivity index (χ0) is 15.5. The maximum atomic E-state index is 4.91. The van der Waals surface area contributed by atoms with Gasteiger partial charge in [-0.3, -0.25) is 9.99 Å². The van der Waals surface area contributed by atoms with Crippen LogP contribution in [-0.4, -0.2) is 10.7 Å². The molecule has 3 aromatic rings. The maximum absolute atomic E-state index is 4.91. The van der Waals surface area contributed by atoms with E-state index in [0.29, 0.717) is 0 Å². The second kappa shape index (κ2) is 6.05. The fraction of sp³-hybridized carbons (Fsp3) is 0.100. The number of hydrogen-bond donors (Lipinski definition) is 0. The third kappa shape index (κ3) is 2.73. The molecule has 3 nitrogen and oxygen atoms in total. The monoisotopic (exact) mass is 299 g/mol. The molecule has 0 N–H and O–H groups in total. The first-order chi connectivity index (χ1) is 11.4. The van der Waals surface area contributed by atoms with Crippen LogP contribution in [0.4, 0.5) is 5.69 Å². The van der Waals surface area contributed by atoms with E-state index in [9.17, 15) is 0 Å². The van der Waals surface area contributed by atoms with Gasteiger partial charge >= 0.3 is 0 Å². The molecule has 1 aliphatic rings. The van der Waals surface area contributed by atoms with E-state index in [1.807, 2.05) is 42.7 Å². The third-order valence-corrected chi connectivity index (χ3v) is 4.11. The van der Waals surface area contributed by atoms with Gasteiger partial charge in [-0.2, -0.15) is 5.10 Å². The number of nitrogens with zero attached hydrogens (tertiary/aromatic N) is 3. The van der Waals surface area contributed by atoms with Crippen LogP contribution >= 0.6 is 0 Å². The summed E-state index contributed by atoms with van der Waals surface area (Å²) in [7, 11) is 0. The molecule has 4 rings (SSSR count). The number of benzene rings is 2. The lowest BCUT2D eigenvalue weighted by Gasteiger charge is -2.23. The Morgan fingerprint density at radius 3 is 2.26 bits per heavy atom. The molecule has 0 fully saturated rings. The lowest BCUT2D eigenvalue weighted by Crippen LogP contribution is -2.18. The van der Waals surface area contributed by atoms with Crippen LogP contribution in [0.2, 0.25) is 0 Å². The first kappa shape index (κ1) is 13.7. The molecule has 23 heavy (non-hydrogen) atoms. The molecule has 1 unspecified atom stereocenters. The highest BCUT2D eigenvalue weighted by atomic mass is 15.5. The summed E-state index contributed by atoms with van der Waals surface area (Å²) < 4.78 is 0. The first-order valence-electron chi connectivity index (χ1n) is 7.79. The minimum absolute atomic E-state index is 0.182. The molecule has 0 aliphatic carbocycles. The molecule has 0 spiro atoms. The summed E-state index contributed by atoms with van der Waals surface area (Å²) in [5.74, 6) is 0. The fourth-order valence-electron chi connectivity index (χ4n) is 2.97. The Labute approximate surface area is 135 Å².